The normalized spacial score (nSPS) is 15.2. The molecule has 1 aromatic heterocycles. The number of methoxy groups -OCH3 is 1. The fourth-order valence-corrected chi connectivity index (χ4v) is 4.55. The van der Waals surface area contributed by atoms with Crippen molar-refractivity contribution in [1.82, 2.24) is 9.47 Å². The van der Waals surface area contributed by atoms with Crippen molar-refractivity contribution < 1.29 is 14.3 Å². The monoisotopic (exact) mass is 447 g/mol. The standard InChI is InChI=1S/C24H21N3O4S/c1-30-19-9-5-6-17(14-19)15-21-23(29)27(18-7-3-2-4-8-18)24(32-21)20(16-25)22(28)26-10-12-31-13-11-26/h2-9,14-15H,10-13H2,1H3/b21-15+,24-20-. The molecule has 0 aliphatic carbocycles. The van der Waals surface area contributed by atoms with Crippen LogP contribution in [-0.2, 0) is 9.53 Å². The van der Waals surface area contributed by atoms with Crippen LogP contribution in [0.25, 0.3) is 17.3 Å². The number of thiazole rings is 1. The minimum Gasteiger partial charge on any atom is -0.497 e. The molecule has 2 aromatic carbocycles. The van der Waals surface area contributed by atoms with Gasteiger partial charge < -0.3 is 14.4 Å². The molecule has 162 valence electrons. The molecule has 1 amide bonds. The number of aromatic nitrogens is 1. The smallest absolute Gasteiger partial charge is 0.273 e. The molecular formula is C24H21N3O4S. The number of hydrogen-bond donors (Lipinski definition) is 0. The highest BCUT2D eigenvalue weighted by Gasteiger charge is 2.23. The molecule has 3 aromatic rings. The Balaban J connectivity index is 1.97. The van der Waals surface area contributed by atoms with E-state index in [-0.39, 0.29) is 11.1 Å². The predicted molar refractivity (Wildman–Crippen MR) is 122 cm³/mol. The van der Waals surface area contributed by atoms with E-state index in [0.29, 0.717) is 46.9 Å². The summed E-state index contributed by atoms with van der Waals surface area (Å²) in [5, 5.41) is 9.91. The average molecular weight is 448 g/mol. The lowest BCUT2D eigenvalue weighted by molar-refractivity contribution is -0.128. The zero-order chi connectivity index (χ0) is 22.5. The Morgan fingerprint density at radius 3 is 2.59 bits per heavy atom. The Bertz CT molecular complexity index is 1350. The molecule has 32 heavy (non-hydrogen) atoms. The van der Waals surface area contributed by atoms with Crippen molar-refractivity contribution >= 4 is 28.9 Å². The van der Waals surface area contributed by atoms with Gasteiger partial charge in [0.25, 0.3) is 11.5 Å². The number of rotatable bonds is 4. The number of benzene rings is 2. The third-order valence-electron chi connectivity index (χ3n) is 5.07. The van der Waals surface area contributed by atoms with Gasteiger partial charge in [-0.25, -0.2) is 0 Å². The van der Waals surface area contributed by atoms with Crippen molar-refractivity contribution in [3.05, 3.63) is 79.7 Å². The van der Waals surface area contributed by atoms with Crippen molar-refractivity contribution in [2.75, 3.05) is 33.4 Å². The van der Waals surface area contributed by atoms with Gasteiger partial charge in [-0.3, -0.25) is 14.2 Å². The first-order valence-electron chi connectivity index (χ1n) is 10.1. The first-order chi connectivity index (χ1) is 15.6. The van der Waals surface area contributed by atoms with Gasteiger partial charge in [0.2, 0.25) is 0 Å². The maximum Gasteiger partial charge on any atom is 0.273 e. The zero-order valence-electron chi connectivity index (χ0n) is 17.5. The predicted octanol–water partition coefficient (Wildman–Crippen LogP) is 1.27. The van der Waals surface area contributed by atoms with E-state index in [2.05, 4.69) is 0 Å². The van der Waals surface area contributed by atoms with E-state index < -0.39 is 5.91 Å². The second-order valence-corrected chi connectivity index (χ2v) is 8.09. The summed E-state index contributed by atoms with van der Waals surface area (Å²) in [6, 6.07) is 18.4. The number of ether oxygens (including phenoxy) is 2. The van der Waals surface area contributed by atoms with Crippen LogP contribution in [0.5, 0.6) is 5.75 Å². The third kappa shape index (κ3) is 4.35. The maximum absolute atomic E-state index is 13.4. The van der Waals surface area contributed by atoms with Crippen LogP contribution in [0.4, 0.5) is 0 Å². The fourth-order valence-electron chi connectivity index (χ4n) is 3.46. The van der Waals surface area contributed by atoms with Crippen LogP contribution in [0.1, 0.15) is 5.56 Å². The Labute approximate surface area is 188 Å². The number of carbonyl (C=O) groups is 1. The van der Waals surface area contributed by atoms with E-state index >= 15 is 0 Å². The molecule has 0 unspecified atom stereocenters. The average Bonchev–Trinajstić information content (AvgIpc) is 3.16. The van der Waals surface area contributed by atoms with Crippen LogP contribution in [0.3, 0.4) is 0 Å². The Morgan fingerprint density at radius 2 is 1.91 bits per heavy atom. The van der Waals surface area contributed by atoms with Gasteiger partial charge in [0.1, 0.15) is 16.5 Å². The summed E-state index contributed by atoms with van der Waals surface area (Å²) in [6.07, 6.45) is 1.74. The van der Waals surface area contributed by atoms with Gasteiger partial charge >= 0.3 is 0 Å². The molecular weight excluding hydrogens is 426 g/mol. The maximum atomic E-state index is 13.4. The van der Waals surface area contributed by atoms with Crippen molar-refractivity contribution in [2.45, 2.75) is 0 Å². The topological polar surface area (TPSA) is 84.6 Å². The molecule has 0 spiro atoms. The number of morpholine rings is 1. The van der Waals surface area contributed by atoms with E-state index in [4.69, 9.17) is 9.47 Å². The summed E-state index contributed by atoms with van der Waals surface area (Å²) < 4.78 is 12.8. The van der Waals surface area contributed by atoms with Crippen LogP contribution in [0, 0.1) is 11.3 Å². The van der Waals surface area contributed by atoms with Crippen molar-refractivity contribution in [2.24, 2.45) is 0 Å². The van der Waals surface area contributed by atoms with Crippen LogP contribution in [0.2, 0.25) is 0 Å². The number of hydrogen-bond acceptors (Lipinski definition) is 6. The number of carbonyl (C=O) groups excluding carboxylic acids is 1. The van der Waals surface area contributed by atoms with E-state index in [1.165, 1.54) is 4.57 Å². The molecule has 0 bridgehead atoms. The van der Waals surface area contributed by atoms with Gasteiger partial charge in [-0.1, -0.05) is 30.3 Å². The molecule has 0 N–H and O–H groups in total. The SMILES string of the molecule is COc1cccc(/C=c2/s/c(=C(/C#N)C(=O)N3CCOCC3)n(-c3ccccc3)c2=O)c1. The Kier molecular flexibility index (Phi) is 6.50. The summed E-state index contributed by atoms with van der Waals surface area (Å²) in [5.74, 6) is 0.278. The van der Waals surface area contributed by atoms with Crippen LogP contribution >= 0.6 is 11.3 Å². The summed E-state index contributed by atoms with van der Waals surface area (Å²) >= 11 is 1.13. The van der Waals surface area contributed by atoms with Crippen LogP contribution in [-0.4, -0.2) is 48.8 Å². The molecule has 0 saturated carbocycles. The molecule has 1 fully saturated rings. The summed E-state index contributed by atoms with van der Waals surface area (Å²) in [5.41, 5.74) is 1.04. The van der Waals surface area contributed by atoms with Gasteiger partial charge in [-0.15, -0.1) is 11.3 Å². The minimum atomic E-state index is -0.394. The van der Waals surface area contributed by atoms with Crippen LogP contribution < -0.4 is 19.5 Å². The molecule has 1 aliphatic heterocycles. The molecule has 2 heterocycles. The van der Waals surface area contributed by atoms with E-state index in [9.17, 15) is 14.9 Å². The molecule has 1 saturated heterocycles. The lowest BCUT2D eigenvalue weighted by atomic mass is 10.2. The lowest BCUT2D eigenvalue weighted by Gasteiger charge is -2.26. The van der Waals surface area contributed by atoms with E-state index in [1.807, 2.05) is 48.5 Å². The highest BCUT2D eigenvalue weighted by molar-refractivity contribution is 7.07. The Morgan fingerprint density at radius 1 is 1.16 bits per heavy atom. The first kappa shape index (κ1) is 21.6. The molecule has 7 nitrogen and oxygen atoms in total. The molecule has 0 radical (unpaired) electrons. The van der Waals surface area contributed by atoms with Gasteiger partial charge in [0.05, 0.1) is 30.5 Å². The first-order valence-corrected chi connectivity index (χ1v) is 10.9. The van der Waals surface area contributed by atoms with Gasteiger partial charge in [-0.05, 0) is 35.9 Å². The van der Waals surface area contributed by atoms with E-state index in [0.717, 1.165) is 16.9 Å². The highest BCUT2D eigenvalue weighted by atomic mass is 32.1. The third-order valence-corrected chi connectivity index (χ3v) is 6.16. The van der Waals surface area contributed by atoms with Gasteiger partial charge in [-0.2, -0.15) is 5.26 Å². The zero-order valence-corrected chi connectivity index (χ0v) is 18.3. The van der Waals surface area contributed by atoms with E-state index in [1.54, 1.807) is 30.2 Å². The van der Waals surface area contributed by atoms with Crippen molar-refractivity contribution in [3.8, 4) is 17.5 Å². The Hall–Kier alpha value is -3.67. The summed E-state index contributed by atoms with van der Waals surface area (Å²) in [7, 11) is 1.58. The molecule has 1 aliphatic rings. The molecule has 0 atom stereocenters. The minimum absolute atomic E-state index is 0.0526. The largest absolute Gasteiger partial charge is 0.497 e. The number of amides is 1. The summed E-state index contributed by atoms with van der Waals surface area (Å²) in [4.78, 5) is 28.2. The number of nitriles is 1. The number of nitrogens with zero attached hydrogens (tertiary/aromatic N) is 3. The van der Waals surface area contributed by atoms with Crippen molar-refractivity contribution in [1.29, 1.82) is 5.26 Å². The second kappa shape index (κ2) is 9.64. The van der Waals surface area contributed by atoms with Crippen LogP contribution in [0.15, 0.2) is 59.4 Å². The van der Waals surface area contributed by atoms with Gasteiger partial charge in [0, 0.05) is 13.1 Å². The quantitative estimate of drug-likeness (QED) is 0.602. The lowest BCUT2D eigenvalue weighted by Crippen LogP contribution is -2.42. The molecule has 8 heteroatoms. The van der Waals surface area contributed by atoms with Gasteiger partial charge in [0.15, 0.2) is 5.57 Å². The fraction of sp³-hybridized carbons (Fsp3) is 0.208. The highest BCUT2D eigenvalue weighted by Crippen LogP contribution is 2.13. The number of para-hydroxylation sites is 1. The summed E-state index contributed by atoms with van der Waals surface area (Å²) in [6.45, 7) is 1.67. The molecule has 4 rings (SSSR count). The second-order valence-electron chi connectivity index (χ2n) is 7.06. The van der Waals surface area contributed by atoms with Crippen molar-refractivity contribution in [3.63, 3.8) is 0 Å².